The number of anilines is 1. The van der Waals surface area contributed by atoms with E-state index < -0.39 is 49.5 Å². The minimum absolute atomic E-state index is 0.0116. The summed E-state index contributed by atoms with van der Waals surface area (Å²) in [5.41, 5.74) is 6.99. The molecule has 0 amide bonds. The van der Waals surface area contributed by atoms with Crippen molar-refractivity contribution in [3.63, 3.8) is 0 Å². The van der Waals surface area contributed by atoms with E-state index >= 15 is 0 Å². The van der Waals surface area contributed by atoms with Crippen molar-refractivity contribution in [2.24, 2.45) is 0 Å². The van der Waals surface area contributed by atoms with Gasteiger partial charge in [-0.15, -0.1) is 0 Å². The fourth-order valence-electron chi connectivity index (χ4n) is 4.18. The number of nitrogen functional groups attached to an aromatic ring is 1. The number of rotatable bonds is 14. The van der Waals surface area contributed by atoms with E-state index in [0.29, 0.717) is 22.7 Å². The molecule has 292 valence electrons. The Bertz CT molecular complexity index is 1650. The monoisotopic (exact) mass is 779 g/mol. The van der Waals surface area contributed by atoms with Gasteiger partial charge in [0.05, 0.1) is 13.4 Å². The SMILES string of the molecule is COc1ccc(Oc2nc(N)nc3c2ncn3[C@@H]2O[C@H](COO[Si](C)(C)C(C)(C)C)[C@@H](OO[Si](C)(C)C(C)(C)C)[C@H]2OO[Si](C)(C)C(C)(C)C)cc1. The van der Waals surface area contributed by atoms with E-state index in [1.165, 1.54) is 0 Å². The van der Waals surface area contributed by atoms with E-state index in [9.17, 15) is 0 Å². The van der Waals surface area contributed by atoms with Gasteiger partial charge in [-0.2, -0.15) is 9.97 Å². The van der Waals surface area contributed by atoms with Gasteiger partial charge in [-0.25, -0.2) is 19.6 Å². The first kappa shape index (κ1) is 42.3. The lowest BCUT2D eigenvalue weighted by molar-refractivity contribution is -0.338. The second-order valence-electron chi connectivity index (χ2n) is 18.0. The van der Waals surface area contributed by atoms with E-state index in [1.807, 2.05) is 0 Å². The van der Waals surface area contributed by atoms with Crippen molar-refractivity contribution in [3.8, 4) is 17.4 Å². The Hall–Kier alpha value is -2.46. The second kappa shape index (κ2) is 15.3. The molecule has 0 spiro atoms. The molecule has 0 saturated carbocycles. The third-order valence-electron chi connectivity index (χ3n) is 10.9. The molecule has 4 rings (SSSR count). The predicted molar refractivity (Wildman–Crippen MR) is 207 cm³/mol. The summed E-state index contributed by atoms with van der Waals surface area (Å²) < 4.78 is 38.8. The Labute approximate surface area is 312 Å². The van der Waals surface area contributed by atoms with Crippen molar-refractivity contribution < 1.29 is 42.6 Å². The Kier molecular flexibility index (Phi) is 12.5. The molecule has 0 bridgehead atoms. The third-order valence-corrected chi connectivity index (χ3v) is 23.3. The molecule has 1 fully saturated rings. The highest BCUT2D eigenvalue weighted by Gasteiger charge is 2.53. The van der Waals surface area contributed by atoms with Gasteiger partial charge < -0.3 is 19.9 Å². The van der Waals surface area contributed by atoms with E-state index in [-0.39, 0.29) is 33.6 Å². The average molecular weight is 780 g/mol. The number of hydrogen-bond acceptors (Lipinski definition) is 13. The molecule has 4 atom stereocenters. The van der Waals surface area contributed by atoms with E-state index in [0.717, 1.165) is 0 Å². The number of methoxy groups -OCH3 is 1. The standard InChI is InChI=1S/C35H61N5O9Si3/c1-33(2,3)50(11,12)47-42-21-25-27(45-48-51(13,14)34(4,5)6)28(46-49-52(15,16)35(7,8)9)31(44-25)40-22-37-26-29(40)38-32(36)39-30(26)43-24-19-17-23(41-10)18-20-24/h17-20,22,25,27-28,31H,21H2,1-16H3,(H2,36,38,39)/t25-,27-,28-,31-/m1/s1. The molecule has 1 aliphatic heterocycles. The normalized spacial score (nSPS) is 20.8. The number of ether oxygens (including phenoxy) is 3. The van der Waals surface area contributed by atoms with Crippen molar-refractivity contribution in [3.05, 3.63) is 30.6 Å². The van der Waals surface area contributed by atoms with Crippen LogP contribution >= 0.6 is 0 Å². The largest absolute Gasteiger partial charge is 0.497 e. The van der Waals surface area contributed by atoms with Crippen LogP contribution in [-0.4, -0.2) is 76.5 Å². The maximum absolute atomic E-state index is 6.76. The van der Waals surface area contributed by atoms with E-state index in [4.69, 9.17) is 48.3 Å². The third kappa shape index (κ3) is 9.42. The average Bonchev–Trinajstić information content (AvgIpc) is 3.58. The molecule has 2 N–H and O–H groups in total. The van der Waals surface area contributed by atoms with Crippen LogP contribution in [0.2, 0.25) is 54.4 Å². The quantitative estimate of drug-likeness (QED) is 0.0944. The number of imidazole rings is 1. The molecule has 1 saturated heterocycles. The smallest absolute Gasteiger partial charge is 0.252 e. The lowest BCUT2D eigenvalue weighted by Crippen LogP contribution is -2.48. The number of nitrogens with two attached hydrogens (primary N) is 1. The Morgan fingerprint density at radius 1 is 0.731 bits per heavy atom. The van der Waals surface area contributed by atoms with Gasteiger partial charge in [0.1, 0.15) is 24.2 Å². The number of benzene rings is 1. The maximum Gasteiger partial charge on any atom is 0.252 e. The van der Waals surface area contributed by atoms with Gasteiger partial charge >= 0.3 is 0 Å². The molecule has 0 aliphatic carbocycles. The van der Waals surface area contributed by atoms with Crippen molar-refractivity contribution >= 4 is 42.1 Å². The summed E-state index contributed by atoms with van der Waals surface area (Å²) >= 11 is 0. The Balaban J connectivity index is 1.77. The van der Waals surface area contributed by atoms with Crippen molar-refractivity contribution in [2.45, 2.75) is 141 Å². The molecule has 3 heterocycles. The van der Waals surface area contributed by atoms with Gasteiger partial charge in [0.2, 0.25) is 30.9 Å². The second-order valence-corrected chi connectivity index (χ2v) is 32.1. The van der Waals surface area contributed by atoms with Gasteiger partial charge in [-0.1, -0.05) is 62.3 Å². The van der Waals surface area contributed by atoms with E-state index in [1.54, 1.807) is 42.3 Å². The first-order chi connectivity index (χ1) is 23.8. The van der Waals surface area contributed by atoms with Crippen LogP contribution in [0.15, 0.2) is 30.6 Å². The van der Waals surface area contributed by atoms with Gasteiger partial charge in [0.25, 0.3) is 5.88 Å². The van der Waals surface area contributed by atoms with Crippen molar-refractivity contribution in [1.29, 1.82) is 0 Å². The number of aromatic nitrogens is 4. The molecule has 2 aromatic heterocycles. The minimum Gasteiger partial charge on any atom is -0.497 e. The zero-order valence-corrected chi connectivity index (χ0v) is 36.9. The number of nitrogens with zero attached hydrogens (tertiary/aromatic N) is 4. The summed E-state index contributed by atoms with van der Waals surface area (Å²) in [7, 11) is -5.51. The summed E-state index contributed by atoms with van der Waals surface area (Å²) in [6.45, 7) is 32.0. The molecule has 14 nitrogen and oxygen atoms in total. The van der Waals surface area contributed by atoms with Crippen molar-refractivity contribution in [2.75, 3.05) is 19.5 Å². The topological polar surface area (TPSA) is 153 Å². The molecule has 1 aliphatic rings. The fourth-order valence-corrected chi connectivity index (χ4v) is 6.00. The molecule has 0 unspecified atom stereocenters. The molecular weight excluding hydrogens is 719 g/mol. The summed E-state index contributed by atoms with van der Waals surface area (Å²) in [6.07, 6.45) is -1.65. The van der Waals surface area contributed by atoms with Gasteiger partial charge in [0.15, 0.2) is 29.6 Å². The molecule has 3 aromatic rings. The highest BCUT2D eigenvalue weighted by Crippen LogP contribution is 2.43. The Morgan fingerprint density at radius 2 is 1.23 bits per heavy atom. The van der Waals surface area contributed by atoms with Crippen molar-refractivity contribution in [1.82, 2.24) is 19.5 Å². The minimum atomic E-state index is -2.44. The molecule has 1 aromatic carbocycles. The zero-order chi connectivity index (χ0) is 39.1. The highest BCUT2D eigenvalue weighted by molar-refractivity contribution is 6.74. The zero-order valence-electron chi connectivity index (χ0n) is 33.9. The predicted octanol–water partition coefficient (Wildman–Crippen LogP) is 8.70. The van der Waals surface area contributed by atoms with Crippen LogP contribution < -0.4 is 15.2 Å². The highest BCUT2D eigenvalue weighted by atomic mass is 28.4. The number of fused-ring (bicyclic) bond motifs is 1. The summed E-state index contributed by atoms with van der Waals surface area (Å²) in [6, 6.07) is 7.11. The summed E-state index contributed by atoms with van der Waals surface area (Å²) in [4.78, 5) is 32.4. The first-order valence-corrected chi connectivity index (χ1v) is 26.5. The van der Waals surface area contributed by atoms with Crippen LogP contribution in [0.5, 0.6) is 17.4 Å². The number of hydrogen-bond donors (Lipinski definition) is 1. The van der Waals surface area contributed by atoms with Crippen LogP contribution in [0.1, 0.15) is 68.5 Å². The molecule has 17 heteroatoms. The van der Waals surface area contributed by atoms with Crippen LogP contribution in [0.25, 0.3) is 11.2 Å². The lowest BCUT2D eigenvalue weighted by Gasteiger charge is -2.38. The summed E-state index contributed by atoms with van der Waals surface area (Å²) in [5.74, 6) is 1.38. The lowest BCUT2D eigenvalue weighted by atomic mass is 10.1. The van der Waals surface area contributed by atoms with Gasteiger partial charge in [0, 0.05) is 0 Å². The maximum atomic E-state index is 6.76. The van der Waals surface area contributed by atoms with Crippen LogP contribution in [0.3, 0.4) is 0 Å². The molecule has 0 radical (unpaired) electrons. The summed E-state index contributed by atoms with van der Waals surface area (Å²) in [5, 5.41) is -0.351. The molecule has 52 heavy (non-hydrogen) atoms. The van der Waals surface area contributed by atoms with Crippen LogP contribution in [0.4, 0.5) is 5.95 Å². The first-order valence-electron chi connectivity index (χ1n) is 17.7. The van der Waals surface area contributed by atoms with Gasteiger partial charge in [-0.3, -0.25) is 18.3 Å². The Morgan fingerprint density at radius 3 is 1.75 bits per heavy atom. The molecular formula is C35H61N5O9Si3. The van der Waals surface area contributed by atoms with Crippen LogP contribution in [-0.2, 0) is 33.1 Å². The van der Waals surface area contributed by atoms with Gasteiger partial charge in [-0.05, 0) is 78.7 Å². The van der Waals surface area contributed by atoms with Crippen LogP contribution in [0, 0.1) is 0 Å². The van der Waals surface area contributed by atoms with E-state index in [2.05, 4.69) is 117 Å². The fraction of sp³-hybridized carbons (Fsp3) is 0.686.